The van der Waals surface area contributed by atoms with Crippen molar-refractivity contribution in [3.05, 3.63) is 0 Å². The fourth-order valence-corrected chi connectivity index (χ4v) is 125. The molecule has 8 aliphatic carbocycles. The highest BCUT2D eigenvalue weighted by Crippen LogP contribution is 2.61. The van der Waals surface area contributed by atoms with E-state index in [1.165, 1.54) is 0 Å². The summed E-state index contributed by atoms with van der Waals surface area (Å²) in [5, 5.41) is 0. The zero-order valence-electron chi connectivity index (χ0n) is 78.8. The van der Waals surface area contributed by atoms with E-state index in [-0.39, 0.29) is 22.7 Å². The van der Waals surface area contributed by atoms with Gasteiger partial charge in [-0.1, -0.05) is 51.4 Å². The summed E-state index contributed by atoms with van der Waals surface area (Å²) < 4.78 is 196. The smallest absolute Gasteiger partial charge is 0.416 e. The Hall–Kier alpha value is 2.51. The Morgan fingerprint density at radius 3 is 0.387 bits per heavy atom. The molecule has 24 unspecified atom stereocenters. The van der Waals surface area contributed by atoms with Crippen molar-refractivity contribution in [3.8, 4) is 0 Å². The number of hydrogen-bond acceptors (Lipinski definition) is 24. The summed E-state index contributed by atoms with van der Waals surface area (Å²) in [5.41, 5.74) is 0.341. The average Bonchev–Trinajstić information content (AvgIpc) is 1.45. The Morgan fingerprint density at radius 2 is 0.282 bits per heavy atom. The SMILES string of the molecule is C[Si](C)(CCC1CCC2OC2C1)O[Si]12C[Si]3(O[Si](C)(C)CCC4CCC5OC5C4)O[Si]4(O[Si](C)(C)CCC5CCC6OC6C5)C[Si]5(O[Si](C)(C)CCC6CCC7OC7C6)O[Si](O[Si](C)(C)CCC6CCC7OC7C6)(C[Si](O[Si](C)(C)CCC6CCC7OC7C6)(O1)O4)O[Si](O[Si](C)(C)CCC1CCC4OC4C1)(C[Si](O[Si](C)(C)CCC1CCC4OC4C1)(O3)O5)O2. The average molecular weight is 2000 g/mol. The summed E-state index contributed by atoms with van der Waals surface area (Å²) in [4.78, 5) is 0. The molecule has 0 aromatic carbocycles. The lowest BCUT2D eigenvalue weighted by atomic mass is 9.88. The highest BCUT2D eigenvalue weighted by atomic mass is 28.6. The van der Waals surface area contributed by atoms with Gasteiger partial charge in [0.15, 0.2) is 66.5 Å². The first-order chi connectivity index (χ1) is 58.5. The Labute approximate surface area is 761 Å². The molecular formula is C84H160O24Si16. The van der Waals surface area contributed by atoms with Crippen LogP contribution >= 0.6 is 0 Å². The Kier molecular flexibility index (Phi) is 25.6. The number of ether oxygens (including phenoxy) is 8. The quantitative estimate of drug-likeness (QED) is 0.0408. The van der Waals surface area contributed by atoms with Gasteiger partial charge in [0.05, 0.1) is 120 Å². The van der Waals surface area contributed by atoms with Crippen molar-refractivity contribution >= 4 is 137 Å². The summed E-state index contributed by atoms with van der Waals surface area (Å²) in [6.45, 7) is 39.1. The summed E-state index contributed by atoms with van der Waals surface area (Å²) in [5.74, 6) is 4.11. The third-order valence-electron chi connectivity index (χ3n) is 33.8. The lowest BCUT2D eigenvalue weighted by Crippen LogP contribution is -2.90. The molecule has 40 heteroatoms. The monoisotopic (exact) mass is 2000 g/mol. The van der Waals surface area contributed by atoms with Gasteiger partial charge in [0.25, 0.3) is 0 Å². The van der Waals surface area contributed by atoms with Gasteiger partial charge in [-0.15, -0.1) is 0 Å². The first-order valence-electron chi connectivity index (χ1n) is 51.0. The third-order valence-corrected chi connectivity index (χ3v) is 107. The molecule has 8 bridgehead atoms. The van der Waals surface area contributed by atoms with Gasteiger partial charge in [0.1, 0.15) is 0 Å². The highest BCUT2D eigenvalue weighted by molar-refractivity contribution is 7.13. The van der Waals surface area contributed by atoms with Crippen molar-refractivity contribution in [1.29, 1.82) is 0 Å². The molecule has 14 heterocycles. The molecule has 8 saturated carbocycles. The fraction of sp³-hybridized carbons (Fsp3) is 1.00. The largest absolute Gasteiger partial charge is 0.480 e. The van der Waals surface area contributed by atoms with Crippen molar-refractivity contribution in [2.24, 2.45) is 47.3 Å². The van der Waals surface area contributed by atoms with E-state index in [4.69, 9.17) is 70.8 Å². The van der Waals surface area contributed by atoms with Gasteiger partial charge in [-0.3, -0.25) is 0 Å². The maximum Gasteiger partial charge on any atom is 0.480 e. The van der Waals surface area contributed by atoms with Gasteiger partial charge in [-0.25, -0.2) is 0 Å². The summed E-state index contributed by atoms with van der Waals surface area (Å²) in [6, 6.07) is 7.02. The molecule has 24 atom stereocenters. The van der Waals surface area contributed by atoms with Gasteiger partial charge in [-0.2, -0.15) is 0 Å². The highest BCUT2D eigenvalue weighted by Gasteiger charge is 2.88. The van der Waals surface area contributed by atoms with Crippen LogP contribution in [0.2, 0.25) is 176 Å². The molecule has 24 nitrogen and oxygen atoms in total. The number of epoxide rings is 8. The molecule has 0 N–H and O–H groups in total. The molecule has 14 aliphatic heterocycles. The van der Waals surface area contributed by atoms with Crippen LogP contribution in [0.15, 0.2) is 0 Å². The number of fused-ring (bicyclic) bond motifs is 8. The van der Waals surface area contributed by atoms with Crippen LogP contribution in [0, 0.1) is 47.3 Å². The van der Waals surface area contributed by atoms with Crippen molar-refractivity contribution in [3.63, 3.8) is 0 Å². The number of hydrogen-bond donors (Lipinski definition) is 0. The predicted molar refractivity (Wildman–Crippen MR) is 506 cm³/mol. The Morgan fingerprint density at radius 1 is 0.169 bits per heavy atom. The first-order valence-corrected chi connectivity index (χ1v) is 91.3. The van der Waals surface area contributed by atoms with Gasteiger partial charge < -0.3 is 104 Å². The summed E-state index contributed by atoms with van der Waals surface area (Å²) >= 11 is 0. The first kappa shape index (κ1) is 92.8. The molecule has 0 aromatic heterocycles. The van der Waals surface area contributed by atoms with Crippen LogP contribution in [0.4, 0.5) is 0 Å². The van der Waals surface area contributed by atoms with Gasteiger partial charge in [0, 0.05) is 0 Å². The minimum absolute atomic E-state index is 0.0853. The van der Waals surface area contributed by atoms with Crippen molar-refractivity contribution in [2.45, 2.75) is 479 Å². The molecule has 22 fully saturated rings. The van der Waals surface area contributed by atoms with E-state index in [0.29, 0.717) is 145 Å². The predicted octanol–water partition coefficient (Wildman–Crippen LogP) is 19.3. The van der Waals surface area contributed by atoms with Crippen molar-refractivity contribution in [1.82, 2.24) is 0 Å². The molecule has 0 aromatic rings. The van der Waals surface area contributed by atoms with E-state index in [2.05, 4.69) is 105 Å². The molecular weight excluding hydrogens is 1840 g/mol. The van der Waals surface area contributed by atoms with E-state index in [1.807, 2.05) is 0 Å². The Bertz CT molecular complexity index is 3050. The second-order valence-corrected chi connectivity index (χ2v) is 111. The van der Waals surface area contributed by atoms with Crippen LogP contribution in [-0.4, -0.2) is 235 Å². The van der Waals surface area contributed by atoms with Crippen molar-refractivity contribution in [2.75, 3.05) is 0 Å². The molecule has 22 rings (SSSR count). The van der Waals surface area contributed by atoms with Crippen LogP contribution in [0.25, 0.3) is 0 Å². The second-order valence-electron chi connectivity index (χ2n) is 49.3. The minimum atomic E-state index is -4.73. The Balaban J connectivity index is 0.769. The van der Waals surface area contributed by atoms with Crippen molar-refractivity contribution < 1.29 is 104 Å². The topological polar surface area (TPSA) is 248 Å². The van der Waals surface area contributed by atoms with Crippen LogP contribution in [0.1, 0.15) is 205 Å². The normalized spacial score (nSPS) is 47.6. The van der Waals surface area contributed by atoms with E-state index in [9.17, 15) is 32.9 Å². The molecule has 22 aliphatic rings. The molecule has 0 radical (unpaired) electrons. The summed E-state index contributed by atoms with van der Waals surface area (Å²) in [6.07, 6.45) is 41.0. The number of rotatable bonds is 40. The second kappa shape index (κ2) is 34.2. The van der Waals surface area contributed by atoms with Gasteiger partial charge in [0.2, 0.25) is 0 Å². The maximum absolute atomic E-state index is 9.31. The zero-order valence-corrected chi connectivity index (χ0v) is 94.8. The van der Waals surface area contributed by atoms with Crippen LogP contribution < -0.4 is 0 Å². The standard InChI is InChI=1S/C84H160O24Si16/c1-109(2,41-33-61-17-25-69-77(49-61)85-69)93-117-57-118(94-110(3,4)42-34-62-18-26-70-78(50-62)86-70)102-121(97-113(9,10)45-37-65-21-29-73-81(53-65)89-73)58-119(101-117,95-111(5,6)43-35-63-19-27-71-79(51-63)87-71)107-122(98-114(11,12)46-38-66-22-30-74-82(54-66)90-74)59-120(105-117,96-112(7,8)44-36-64-20-28-72-80(52-64)88-72)103-123(106-118,99-115(13,14)47-39-67-23-31-75-83(55-67)91-75)60-124(104-122,108-121)100-116(15,16)48-40-68-24-32-76-84(56-68)92-76/h61-84H,17-60H2,1-16H3. The molecule has 14 saturated heterocycles. The third kappa shape index (κ3) is 22.5. The van der Waals surface area contributed by atoms with Gasteiger partial charge >= 0.3 is 70.4 Å². The lowest BCUT2D eigenvalue weighted by Gasteiger charge is -2.64. The molecule has 704 valence electrons. The zero-order chi connectivity index (χ0) is 85.9. The van der Waals surface area contributed by atoms with E-state index >= 15 is 0 Å². The molecule has 0 spiro atoms. The van der Waals surface area contributed by atoms with E-state index in [0.717, 1.165) is 254 Å². The lowest BCUT2D eigenvalue weighted by molar-refractivity contribution is 0.0352. The summed E-state index contributed by atoms with van der Waals surface area (Å²) in [7, 11) is -62.2. The van der Waals surface area contributed by atoms with E-state index < -0.39 is 137 Å². The van der Waals surface area contributed by atoms with Crippen LogP contribution in [0.3, 0.4) is 0 Å². The van der Waals surface area contributed by atoms with Crippen LogP contribution in [-0.2, 0) is 104 Å². The maximum atomic E-state index is 9.31. The van der Waals surface area contributed by atoms with Crippen LogP contribution in [0.5, 0.6) is 0 Å². The van der Waals surface area contributed by atoms with Gasteiger partial charge in [-0.05, 0) is 355 Å². The minimum Gasteiger partial charge on any atom is -0.416 e. The molecule has 124 heavy (non-hydrogen) atoms. The fourth-order valence-electron chi connectivity index (χ4n) is 26.5. The molecule has 0 amide bonds. The van der Waals surface area contributed by atoms with E-state index in [1.54, 1.807) is 0 Å².